The zero-order valence-corrected chi connectivity index (χ0v) is 16.5. The standard InChI is InChI=1S/C18H21N3O3S2/c1-4-8-24-13-7-5-6-12(9-13)16(23)20-18(25)21-17-14(15(19)22)10(2)11(3)26-17/h5-7,9H,4,8H2,1-3H3,(H2,19,22)(H2,20,21,23,25). The number of benzene rings is 1. The molecule has 0 bridgehead atoms. The molecule has 0 saturated carbocycles. The second kappa shape index (κ2) is 8.77. The molecule has 2 aromatic rings. The van der Waals surface area contributed by atoms with Crippen molar-refractivity contribution < 1.29 is 14.3 Å². The normalized spacial score (nSPS) is 10.3. The molecule has 8 heteroatoms. The number of nitrogens with two attached hydrogens (primary N) is 1. The van der Waals surface area contributed by atoms with Gasteiger partial charge in [-0.3, -0.25) is 14.9 Å². The van der Waals surface area contributed by atoms with Gasteiger partial charge in [-0.1, -0.05) is 13.0 Å². The van der Waals surface area contributed by atoms with Crippen LogP contribution in [0.3, 0.4) is 0 Å². The van der Waals surface area contributed by atoms with Crippen molar-refractivity contribution in [2.24, 2.45) is 5.73 Å². The Morgan fingerprint density at radius 3 is 2.69 bits per heavy atom. The van der Waals surface area contributed by atoms with Gasteiger partial charge in [-0.15, -0.1) is 11.3 Å². The summed E-state index contributed by atoms with van der Waals surface area (Å²) in [5, 5.41) is 6.11. The van der Waals surface area contributed by atoms with Gasteiger partial charge in [0.1, 0.15) is 10.8 Å². The van der Waals surface area contributed by atoms with Gasteiger partial charge in [0, 0.05) is 10.4 Å². The zero-order valence-electron chi connectivity index (χ0n) is 14.8. The predicted molar refractivity (Wildman–Crippen MR) is 108 cm³/mol. The molecule has 4 N–H and O–H groups in total. The van der Waals surface area contributed by atoms with E-state index in [0.717, 1.165) is 16.9 Å². The Morgan fingerprint density at radius 2 is 2.04 bits per heavy atom. The summed E-state index contributed by atoms with van der Waals surface area (Å²) in [5.41, 5.74) is 7.06. The number of hydrogen-bond donors (Lipinski definition) is 3. The fourth-order valence-corrected chi connectivity index (χ4v) is 3.60. The molecule has 0 aliphatic rings. The van der Waals surface area contributed by atoms with Crippen LogP contribution < -0.4 is 21.1 Å². The van der Waals surface area contributed by atoms with E-state index >= 15 is 0 Å². The van der Waals surface area contributed by atoms with Crippen LogP contribution in [0.4, 0.5) is 5.00 Å². The van der Waals surface area contributed by atoms with Crippen LogP contribution in [0.1, 0.15) is 44.5 Å². The van der Waals surface area contributed by atoms with Gasteiger partial charge in [-0.25, -0.2) is 0 Å². The number of aryl methyl sites for hydroxylation is 1. The van der Waals surface area contributed by atoms with Crippen LogP contribution in [-0.4, -0.2) is 23.5 Å². The first-order valence-corrected chi connectivity index (χ1v) is 9.31. The van der Waals surface area contributed by atoms with Gasteiger partial charge in [0.15, 0.2) is 5.11 Å². The Kier molecular flexibility index (Phi) is 6.70. The number of nitrogens with one attached hydrogen (secondary N) is 2. The maximum absolute atomic E-state index is 12.4. The number of thiophene rings is 1. The number of carbonyl (C=O) groups is 2. The first kappa shape index (κ1) is 19.9. The second-order valence-corrected chi connectivity index (χ2v) is 7.27. The molecule has 0 atom stereocenters. The molecule has 1 heterocycles. The van der Waals surface area contributed by atoms with E-state index in [0.29, 0.717) is 28.5 Å². The Balaban J connectivity index is 2.08. The van der Waals surface area contributed by atoms with Gasteiger partial charge in [-0.2, -0.15) is 0 Å². The van der Waals surface area contributed by atoms with Crippen LogP contribution >= 0.6 is 23.6 Å². The van der Waals surface area contributed by atoms with E-state index < -0.39 is 5.91 Å². The summed E-state index contributed by atoms with van der Waals surface area (Å²) in [6.45, 7) is 6.30. The van der Waals surface area contributed by atoms with Gasteiger partial charge in [0.2, 0.25) is 0 Å². The molecular formula is C18H21N3O3S2. The van der Waals surface area contributed by atoms with E-state index in [9.17, 15) is 9.59 Å². The Labute approximate surface area is 161 Å². The minimum atomic E-state index is -0.538. The molecule has 0 spiro atoms. The summed E-state index contributed by atoms with van der Waals surface area (Å²) in [5.74, 6) is -0.279. The monoisotopic (exact) mass is 391 g/mol. The van der Waals surface area contributed by atoms with Crippen molar-refractivity contribution in [1.82, 2.24) is 5.32 Å². The molecule has 1 aromatic carbocycles. The Morgan fingerprint density at radius 1 is 1.31 bits per heavy atom. The lowest BCUT2D eigenvalue weighted by Gasteiger charge is -2.10. The number of rotatable bonds is 6. The van der Waals surface area contributed by atoms with Crippen molar-refractivity contribution in [3.05, 3.63) is 45.8 Å². The molecule has 0 fully saturated rings. The van der Waals surface area contributed by atoms with Crippen LogP contribution in [0, 0.1) is 13.8 Å². The van der Waals surface area contributed by atoms with Crippen LogP contribution in [0.15, 0.2) is 24.3 Å². The molecular weight excluding hydrogens is 370 g/mol. The number of ether oxygens (including phenoxy) is 1. The van der Waals surface area contributed by atoms with Crippen LogP contribution in [-0.2, 0) is 0 Å². The van der Waals surface area contributed by atoms with E-state index in [1.54, 1.807) is 24.3 Å². The number of anilines is 1. The molecule has 0 aliphatic heterocycles. The summed E-state index contributed by atoms with van der Waals surface area (Å²) in [7, 11) is 0. The van der Waals surface area contributed by atoms with E-state index in [1.165, 1.54) is 11.3 Å². The van der Waals surface area contributed by atoms with Gasteiger partial charge >= 0.3 is 0 Å². The maximum Gasteiger partial charge on any atom is 0.257 e. The largest absolute Gasteiger partial charge is 0.494 e. The predicted octanol–water partition coefficient (Wildman–Crippen LogP) is 3.38. The topological polar surface area (TPSA) is 93.4 Å². The fraction of sp³-hybridized carbons (Fsp3) is 0.278. The highest BCUT2D eigenvalue weighted by atomic mass is 32.1. The van der Waals surface area contributed by atoms with Crippen LogP contribution in [0.2, 0.25) is 0 Å². The van der Waals surface area contributed by atoms with Crippen molar-refractivity contribution in [1.29, 1.82) is 0 Å². The molecule has 2 rings (SSSR count). The smallest absolute Gasteiger partial charge is 0.257 e. The summed E-state index contributed by atoms with van der Waals surface area (Å²) in [6.07, 6.45) is 0.881. The van der Waals surface area contributed by atoms with Crippen molar-refractivity contribution in [3.63, 3.8) is 0 Å². The minimum absolute atomic E-state index is 0.0960. The van der Waals surface area contributed by atoms with Gasteiger partial charge in [0.25, 0.3) is 11.8 Å². The number of hydrogen-bond acceptors (Lipinski definition) is 5. The van der Waals surface area contributed by atoms with Crippen LogP contribution in [0.5, 0.6) is 5.75 Å². The molecule has 0 unspecified atom stereocenters. The fourth-order valence-electron chi connectivity index (χ4n) is 2.27. The molecule has 1 aromatic heterocycles. The molecule has 6 nitrogen and oxygen atoms in total. The molecule has 138 valence electrons. The van der Waals surface area contributed by atoms with Gasteiger partial charge in [0.05, 0.1) is 12.2 Å². The van der Waals surface area contributed by atoms with Crippen molar-refractivity contribution in [2.45, 2.75) is 27.2 Å². The third-order valence-electron chi connectivity index (χ3n) is 3.65. The SMILES string of the molecule is CCCOc1cccc(C(=O)NC(=S)Nc2sc(C)c(C)c2C(N)=O)c1. The van der Waals surface area contributed by atoms with E-state index in [4.69, 9.17) is 22.7 Å². The van der Waals surface area contributed by atoms with Crippen molar-refractivity contribution >= 4 is 45.5 Å². The minimum Gasteiger partial charge on any atom is -0.494 e. The molecule has 2 amide bonds. The second-order valence-electron chi connectivity index (χ2n) is 5.64. The van der Waals surface area contributed by atoms with E-state index in [1.807, 2.05) is 20.8 Å². The van der Waals surface area contributed by atoms with Gasteiger partial charge < -0.3 is 15.8 Å². The summed E-state index contributed by atoms with van der Waals surface area (Å²) >= 11 is 6.56. The quantitative estimate of drug-likeness (QED) is 0.657. The Hall–Kier alpha value is -2.45. The van der Waals surface area contributed by atoms with Crippen molar-refractivity contribution in [2.75, 3.05) is 11.9 Å². The third kappa shape index (κ3) is 4.80. The lowest BCUT2D eigenvalue weighted by Crippen LogP contribution is -2.34. The average Bonchev–Trinajstić information content (AvgIpc) is 2.86. The lowest BCUT2D eigenvalue weighted by atomic mass is 10.1. The molecule has 0 aliphatic carbocycles. The van der Waals surface area contributed by atoms with E-state index in [-0.39, 0.29) is 11.0 Å². The zero-order chi connectivity index (χ0) is 19.3. The molecule has 0 saturated heterocycles. The lowest BCUT2D eigenvalue weighted by molar-refractivity contribution is 0.0975. The first-order chi connectivity index (χ1) is 12.3. The summed E-state index contributed by atoms with van der Waals surface area (Å²) in [6, 6.07) is 6.86. The molecule has 26 heavy (non-hydrogen) atoms. The number of amides is 2. The maximum atomic E-state index is 12.4. The van der Waals surface area contributed by atoms with Gasteiger partial charge in [-0.05, 0) is 56.2 Å². The highest BCUT2D eigenvalue weighted by Gasteiger charge is 2.18. The van der Waals surface area contributed by atoms with Crippen LogP contribution in [0.25, 0.3) is 0 Å². The third-order valence-corrected chi connectivity index (χ3v) is 4.98. The highest BCUT2D eigenvalue weighted by molar-refractivity contribution is 7.80. The Bertz CT molecular complexity index is 846. The van der Waals surface area contributed by atoms with E-state index in [2.05, 4.69) is 10.6 Å². The summed E-state index contributed by atoms with van der Waals surface area (Å²) in [4.78, 5) is 25.0. The first-order valence-electron chi connectivity index (χ1n) is 8.08. The number of primary amides is 1. The number of carbonyl (C=O) groups excluding carboxylic acids is 2. The molecule has 0 radical (unpaired) electrons. The highest BCUT2D eigenvalue weighted by Crippen LogP contribution is 2.31. The number of thiocarbonyl (C=S) groups is 1. The summed E-state index contributed by atoms with van der Waals surface area (Å²) < 4.78 is 5.53. The van der Waals surface area contributed by atoms with Crippen molar-refractivity contribution in [3.8, 4) is 5.75 Å². The average molecular weight is 392 g/mol.